The van der Waals surface area contributed by atoms with Crippen LogP contribution in [0.3, 0.4) is 0 Å². The Morgan fingerprint density at radius 2 is 2.35 bits per heavy atom. The summed E-state index contributed by atoms with van der Waals surface area (Å²) in [5.41, 5.74) is 5.49. The molecule has 3 N–H and O–H groups in total. The van der Waals surface area contributed by atoms with Crippen molar-refractivity contribution in [1.29, 1.82) is 0 Å². The third-order valence-corrected chi connectivity index (χ3v) is 4.05. The van der Waals surface area contributed by atoms with Gasteiger partial charge in [-0.2, -0.15) is 0 Å². The van der Waals surface area contributed by atoms with Crippen molar-refractivity contribution in [2.24, 2.45) is 10.9 Å². The van der Waals surface area contributed by atoms with Crippen LogP contribution in [0, 0.1) is 0 Å². The predicted octanol–water partition coefficient (Wildman–Crippen LogP) is 2.50. The number of hydrogen-bond acceptors (Lipinski definition) is 4. The first-order chi connectivity index (χ1) is 8.19. The van der Waals surface area contributed by atoms with Gasteiger partial charge in [0, 0.05) is 30.4 Å². The molecule has 1 saturated carbocycles. The molecule has 0 aliphatic heterocycles. The zero-order chi connectivity index (χ0) is 12.3. The molecule has 1 fully saturated rings. The molecule has 4 nitrogen and oxygen atoms in total. The van der Waals surface area contributed by atoms with Crippen LogP contribution >= 0.6 is 22.9 Å². The van der Waals surface area contributed by atoms with Crippen molar-refractivity contribution in [2.75, 3.05) is 6.54 Å². The lowest BCUT2D eigenvalue weighted by Crippen LogP contribution is -2.29. The second-order valence-electron chi connectivity index (χ2n) is 4.25. The summed E-state index contributed by atoms with van der Waals surface area (Å²) in [6.45, 7) is 1.73. The molecule has 17 heavy (non-hydrogen) atoms. The number of thiophene rings is 1. The van der Waals surface area contributed by atoms with E-state index in [0.717, 1.165) is 17.4 Å². The summed E-state index contributed by atoms with van der Waals surface area (Å²) < 4.78 is 0.826. The monoisotopic (exact) mass is 273 g/mol. The second kappa shape index (κ2) is 5.71. The summed E-state index contributed by atoms with van der Waals surface area (Å²) in [7, 11) is 0. The van der Waals surface area contributed by atoms with Crippen LogP contribution in [0.15, 0.2) is 17.3 Å². The smallest absolute Gasteiger partial charge is 0.140 e. The molecule has 1 aromatic heterocycles. The van der Waals surface area contributed by atoms with E-state index in [1.807, 2.05) is 6.07 Å². The lowest BCUT2D eigenvalue weighted by molar-refractivity contribution is 0.262. The number of halogens is 1. The first kappa shape index (κ1) is 12.7. The van der Waals surface area contributed by atoms with Crippen molar-refractivity contribution in [3.05, 3.63) is 21.3 Å². The molecule has 0 saturated heterocycles. The van der Waals surface area contributed by atoms with E-state index in [4.69, 9.17) is 22.5 Å². The molecule has 0 radical (unpaired) electrons. The number of nitrogens with two attached hydrogens (primary N) is 1. The standard InChI is InChI=1S/C11H16ClN3OS/c12-10-4-3-9(17-10)7-15(8-1-2-8)6-5-11(13)14-16/h3-4,8,16H,1-2,5-7H2,(H2,13,14). The molecule has 6 heteroatoms. The lowest BCUT2D eigenvalue weighted by Gasteiger charge is -2.20. The van der Waals surface area contributed by atoms with Gasteiger partial charge in [0.05, 0.1) is 4.34 Å². The van der Waals surface area contributed by atoms with Crippen LogP contribution in [-0.2, 0) is 6.54 Å². The average molecular weight is 274 g/mol. The average Bonchev–Trinajstić information content (AvgIpc) is 3.08. The van der Waals surface area contributed by atoms with Crippen molar-refractivity contribution in [3.8, 4) is 0 Å². The molecule has 1 aliphatic carbocycles. The first-order valence-electron chi connectivity index (χ1n) is 5.63. The third kappa shape index (κ3) is 3.87. The minimum atomic E-state index is 0.292. The van der Waals surface area contributed by atoms with Crippen LogP contribution < -0.4 is 5.73 Å². The van der Waals surface area contributed by atoms with Crippen molar-refractivity contribution in [3.63, 3.8) is 0 Å². The van der Waals surface area contributed by atoms with Gasteiger partial charge in [0.15, 0.2) is 0 Å². The summed E-state index contributed by atoms with van der Waals surface area (Å²) in [5.74, 6) is 0.292. The lowest BCUT2D eigenvalue weighted by atomic mass is 10.3. The Hall–Kier alpha value is -0.780. The van der Waals surface area contributed by atoms with Gasteiger partial charge in [-0.25, -0.2) is 0 Å². The van der Waals surface area contributed by atoms with Crippen molar-refractivity contribution >= 4 is 28.8 Å². The van der Waals surface area contributed by atoms with Gasteiger partial charge in [-0.1, -0.05) is 16.8 Å². The van der Waals surface area contributed by atoms with Crippen LogP contribution in [0.25, 0.3) is 0 Å². The Kier molecular flexibility index (Phi) is 4.25. The van der Waals surface area contributed by atoms with Gasteiger partial charge in [-0.05, 0) is 25.0 Å². The molecule has 0 atom stereocenters. The SMILES string of the molecule is NC(CCN(Cc1ccc(Cl)s1)C1CC1)=NO. The Morgan fingerprint density at radius 3 is 2.88 bits per heavy atom. The van der Waals surface area contributed by atoms with Gasteiger partial charge in [0.25, 0.3) is 0 Å². The Labute approximate surface area is 110 Å². The molecule has 0 unspecified atom stereocenters. The van der Waals surface area contributed by atoms with Crippen LogP contribution in [0.5, 0.6) is 0 Å². The van der Waals surface area contributed by atoms with Gasteiger partial charge in [0.2, 0.25) is 0 Å². The maximum absolute atomic E-state index is 8.52. The van der Waals surface area contributed by atoms with E-state index < -0.39 is 0 Å². The number of oxime groups is 1. The molecular formula is C11H16ClN3OS. The molecule has 1 aromatic rings. The Morgan fingerprint density at radius 1 is 1.59 bits per heavy atom. The highest BCUT2D eigenvalue weighted by molar-refractivity contribution is 7.16. The highest BCUT2D eigenvalue weighted by atomic mass is 35.5. The van der Waals surface area contributed by atoms with Crippen molar-refractivity contribution in [1.82, 2.24) is 4.90 Å². The molecular weight excluding hydrogens is 258 g/mol. The normalized spacial score (nSPS) is 16.7. The van der Waals surface area contributed by atoms with E-state index in [2.05, 4.69) is 16.1 Å². The maximum Gasteiger partial charge on any atom is 0.140 e. The Bertz CT molecular complexity index is 403. The van der Waals surface area contributed by atoms with E-state index in [-0.39, 0.29) is 0 Å². The van der Waals surface area contributed by atoms with Crippen LogP contribution in [0.1, 0.15) is 24.1 Å². The van der Waals surface area contributed by atoms with E-state index in [0.29, 0.717) is 18.3 Å². The fourth-order valence-electron chi connectivity index (χ4n) is 1.78. The van der Waals surface area contributed by atoms with E-state index in [1.54, 1.807) is 11.3 Å². The second-order valence-corrected chi connectivity index (χ2v) is 6.05. The van der Waals surface area contributed by atoms with Crippen LogP contribution in [0.2, 0.25) is 4.34 Å². The van der Waals surface area contributed by atoms with Gasteiger partial charge < -0.3 is 10.9 Å². The number of nitrogens with zero attached hydrogens (tertiary/aromatic N) is 2. The zero-order valence-corrected chi connectivity index (χ0v) is 11.0. The predicted molar refractivity (Wildman–Crippen MR) is 70.8 cm³/mol. The summed E-state index contributed by atoms with van der Waals surface area (Å²) in [5, 5.41) is 11.5. The minimum Gasteiger partial charge on any atom is -0.409 e. The van der Waals surface area contributed by atoms with Gasteiger partial charge in [0.1, 0.15) is 5.84 Å². The topological polar surface area (TPSA) is 61.8 Å². The highest BCUT2D eigenvalue weighted by Gasteiger charge is 2.29. The number of rotatable bonds is 6. The Balaban J connectivity index is 1.89. The van der Waals surface area contributed by atoms with Gasteiger partial charge in [-0.15, -0.1) is 11.3 Å². The summed E-state index contributed by atoms with van der Waals surface area (Å²) in [6.07, 6.45) is 3.09. The molecule has 0 aromatic carbocycles. The summed E-state index contributed by atoms with van der Waals surface area (Å²) in [4.78, 5) is 3.64. The fraction of sp³-hybridized carbons (Fsp3) is 0.545. The largest absolute Gasteiger partial charge is 0.409 e. The molecule has 94 valence electrons. The van der Waals surface area contributed by atoms with Crippen LogP contribution in [0.4, 0.5) is 0 Å². The van der Waals surface area contributed by atoms with E-state index in [9.17, 15) is 0 Å². The molecule has 1 heterocycles. The van der Waals surface area contributed by atoms with Gasteiger partial charge >= 0.3 is 0 Å². The highest BCUT2D eigenvalue weighted by Crippen LogP contribution is 2.30. The molecule has 0 amide bonds. The van der Waals surface area contributed by atoms with Gasteiger partial charge in [-0.3, -0.25) is 4.90 Å². The summed E-state index contributed by atoms with van der Waals surface area (Å²) in [6, 6.07) is 4.64. The third-order valence-electron chi connectivity index (χ3n) is 2.83. The molecule has 2 rings (SSSR count). The fourth-order valence-corrected chi connectivity index (χ4v) is 2.89. The molecule has 0 spiro atoms. The van der Waals surface area contributed by atoms with Crippen molar-refractivity contribution < 1.29 is 5.21 Å². The zero-order valence-electron chi connectivity index (χ0n) is 9.47. The van der Waals surface area contributed by atoms with Crippen molar-refractivity contribution in [2.45, 2.75) is 31.8 Å². The minimum absolute atomic E-state index is 0.292. The molecule has 1 aliphatic rings. The molecule has 0 bridgehead atoms. The number of amidine groups is 1. The van der Waals surface area contributed by atoms with Crippen LogP contribution in [-0.4, -0.2) is 28.5 Å². The first-order valence-corrected chi connectivity index (χ1v) is 6.83. The quantitative estimate of drug-likeness (QED) is 0.362. The summed E-state index contributed by atoms with van der Waals surface area (Å²) >= 11 is 7.53. The van der Waals surface area contributed by atoms with E-state index in [1.165, 1.54) is 17.7 Å². The van der Waals surface area contributed by atoms with E-state index >= 15 is 0 Å². The number of hydrogen-bond donors (Lipinski definition) is 2. The maximum atomic E-state index is 8.52.